The Bertz CT molecular complexity index is 820. The number of ether oxygens (including phenoxy) is 1. The first-order chi connectivity index (χ1) is 16.0. The molecule has 1 heterocycles. The SMILES string of the molecule is COCCN(Cc1ccccc1C)C1CC(C(=O)NC2CCC(N)CC2)N(C(=O)C2CC2)C1. The summed E-state index contributed by atoms with van der Waals surface area (Å²) in [5.41, 5.74) is 8.57. The molecule has 2 unspecified atom stereocenters. The van der Waals surface area contributed by atoms with Crippen molar-refractivity contribution in [3.8, 4) is 0 Å². The summed E-state index contributed by atoms with van der Waals surface area (Å²) in [6.07, 6.45) is 6.32. The highest BCUT2D eigenvalue weighted by atomic mass is 16.5. The van der Waals surface area contributed by atoms with Crippen molar-refractivity contribution in [1.29, 1.82) is 0 Å². The van der Waals surface area contributed by atoms with Gasteiger partial charge in [-0.05, 0) is 63.0 Å². The molecule has 0 radical (unpaired) electrons. The molecule has 7 heteroatoms. The third-order valence-electron chi connectivity index (χ3n) is 7.64. The maximum atomic E-state index is 13.4. The largest absolute Gasteiger partial charge is 0.383 e. The van der Waals surface area contributed by atoms with Gasteiger partial charge in [0.05, 0.1) is 6.61 Å². The predicted molar refractivity (Wildman–Crippen MR) is 128 cm³/mol. The van der Waals surface area contributed by atoms with Crippen molar-refractivity contribution < 1.29 is 14.3 Å². The van der Waals surface area contributed by atoms with Crippen LogP contribution >= 0.6 is 0 Å². The Kier molecular flexibility index (Phi) is 8.04. The van der Waals surface area contributed by atoms with E-state index in [1.54, 1.807) is 7.11 Å². The summed E-state index contributed by atoms with van der Waals surface area (Å²) >= 11 is 0. The Morgan fingerprint density at radius 1 is 1.15 bits per heavy atom. The highest BCUT2D eigenvalue weighted by Crippen LogP contribution is 2.35. The van der Waals surface area contributed by atoms with E-state index in [1.165, 1.54) is 11.1 Å². The Balaban J connectivity index is 1.48. The molecule has 1 aromatic carbocycles. The smallest absolute Gasteiger partial charge is 0.243 e. The second-order valence-electron chi connectivity index (χ2n) is 10.2. The summed E-state index contributed by atoms with van der Waals surface area (Å²) in [7, 11) is 1.72. The molecule has 2 aliphatic carbocycles. The van der Waals surface area contributed by atoms with Crippen molar-refractivity contribution in [3.05, 3.63) is 35.4 Å². The summed E-state index contributed by atoms with van der Waals surface area (Å²) in [4.78, 5) is 30.8. The third kappa shape index (κ3) is 6.14. The van der Waals surface area contributed by atoms with Crippen LogP contribution in [0.1, 0.15) is 56.1 Å². The van der Waals surface area contributed by atoms with Gasteiger partial charge in [0, 0.05) is 50.8 Å². The van der Waals surface area contributed by atoms with Crippen LogP contribution in [0.4, 0.5) is 0 Å². The van der Waals surface area contributed by atoms with Gasteiger partial charge in [0.1, 0.15) is 6.04 Å². The highest BCUT2D eigenvalue weighted by molar-refractivity contribution is 5.90. The first kappa shape index (κ1) is 24.2. The normalized spacial score (nSPS) is 27.7. The van der Waals surface area contributed by atoms with Crippen LogP contribution in [0.3, 0.4) is 0 Å². The molecule has 0 aromatic heterocycles. The fraction of sp³-hybridized carbons (Fsp3) is 0.692. The maximum Gasteiger partial charge on any atom is 0.243 e. The molecule has 33 heavy (non-hydrogen) atoms. The van der Waals surface area contributed by atoms with Crippen molar-refractivity contribution in [3.63, 3.8) is 0 Å². The molecule has 2 saturated carbocycles. The second kappa shape index (κ2) is 11.0. The Labute approximate surface area is 198 Å². The molecule has 1 saturated heterocycles. The van der Waals surface area contributed by atoms with Gasteiger partial charge in [-0.1, -0.05) is 24.3 Å². The van der Waals surface area contributed by atoms with E-state index in [0.29, 0.717) is 19.6 Å². The molecule has 0 bridgehead atoms. The summed E-state index contributed by atoms with van der Waals surface area (Å²) in [6, 6.07) is 8.59. The van der Waals surface area contributed by atoms with Crippen LogP contribution < -0.4 is 11.1 Å². The number of amides is 2. The zero-order valence-corrected chi connectivity index (χ0v) is 20.2. The molecular formula is C26H40N4O3. The molecule has 7 nitrogen and oxygen atoms in total. The first-order valence-corrected chi connectivity index (χ1v) is 12.6. The topological polar surface area (TPSA) is 87.9 Å². The first-order valence-electron chi connectivity index (χ1n) is 12.6. The number of nitrogens with two attached hydrogens (primary N) is 1. The average Bonchev–Trinajstić information content (AvgIpc) is 3.57. The lowest BCUT2D eigenvalue weighted by Crippen LogP contribution is -2.50. The molecule has 2 amide bonds. The molecule has 1 aliphatic heterocycles. The number of hydrogen-bond donors (Lipinski definition) is 2. The number of benzene rings is 1. The number of carbonyl (C=O) groups is 2. The van der Waals surface area contributed by atoms with Crippen LogP contribution in [-0.4, -0.2) is 72.6 Å². The zero-order valence-electron chi connectivity index (χ0n) is 20.2. The number of methoxy groups -OCH3 is 1. The molecular weight excluding hydrogens is 416 g/mol. The summed E-state index contributed by atoms with van der Waals surface area (Å²) < 4.78 is 5.39. The van der Waals surface area contributed by atoms with E-state index in [4.69, 9.17) is 10.5 Å². The lowest BCUT2D eigenvalue weighted by Gasteiger charge is -2.30. The van der Waals surface area contributed by atoms with Crippen molar-refractivity contribution in [2.45, 2.75) is 82.6 Å². The standard InChI is InChI=1S/C26H40N4O3/c1-18-5-3-4-6-20(18)16-29(13-14-33-2)23-15-24(30(17-23)26(32)19-7-8-19)25(31)28-22-11-9-21(27)10-12-22/h3-6,19,21-24H,7-17,27H2,1-2H3,(H,28,31). The van der Waals surface area contributed by atoms with Gasteiger partial charge >= 0.3 is 0 Å². The molecule has 0 spiro atoms. The fourth-order valence-corrected chi connectivity index (χ4v) is 5.30. The van der Waals surface area contributed by atoms with Crippen molar-refractivity contribution in [2.75, 3.05) is 26.8 Å². The minimum Gasteiger partial charge on any atom is -0.383 e. The van der Waals surface area contributed by atoms with Gasteiger partial charge in [-0.25, -0.2) is 0 Å². The van der Waals surface area contributed by atoms with Crippen molar-refractivity contribution in [2.24, 2.45) is 11.7 Å². The van der Waals surface area contributed by atoms with Gasteiger partial charge in [0.15, 0.2) is 0 Å². The number of carbonyl (C=O) groups excluding carboxylic acids is 2. The van der Waals surface area contributed by atoms with E-state index < -0.39 is 0 Å². The number of likely N-dealkylation sites (tertiary alicyclic amines) is 1. The molecule has 4 rings (SSSR count). The van der Waals surface area contributed by atoms with E-state index in [9.17, 15) is 9.59 Å². The van der Waals surface area contributed by atoms with Crippen LogP contribution in [0.25, 0.3) is 0 Å². The van der Waals surface area contributed by atoms with Crippen LogP contribution in [0, 0.1) is 12.8 Å². The minimum absolute atomic E-state index is 0.00885. The molecule has 1 aromatic rings. The van der Waals surface area contributed by atoms with Gasteiger partial charge in [0.25, 0.3) is 0 Å². The third-order valence-corrected chi connectivity index (χ3v) is 7.64. The number of aryl methyl sites for hydroxylation is 1. The van der Waals surface area contributed by atoms with Crippen LogP contribution in [0.5, 0.6) is 0 Å². The monoisotopic (exact) mass is 456 g/mol. The van der Waals surface area contributed by atoms with Gasteiger partial charge in [0.2, 0.25) is 11.8 Å². The van der Waals surface area contributed by atoms with E-state index in [0.717, 1.165) is 51.6 Å². The Hall–Kier alpha value is -1.96. The summed E-state index contributed by atoms with van der Waals surface area (Å²) in [5, 5.41) is 3.26. The minimum atomic E-state index is -0.388. The van der Waals surface area contributed by atoms with E-state index in [2.05, 4.69) is 41.4 Å². The lowest BCUT2D eigenvalue weighted by atomic mass is 9.91. The van der Waals surface area contributed by atoms with Gasteiger partial charge < -0.3 is 20.7 Å². The summed E-state index contributed by atoms with van der Waals surface area (Å²) in [6.45, 7) is 4.93. The fourth-order valence-electron chi connectivity index (χ4n) is 5.30. The molecule has 2 atom stereocenters. The number of nitrogens with zero attached hydrogens (tertiary/aromatic N) is 2. The quantitative estimate of drug-likeness (QED) is 0.595. The van der Waals surface area contributed by atoms with Crippen LogP contribution in [-0.2, 0) is 20.9 Å². The van der Waals surface area contributed by atoms with Crippen LogP contribution in [0.15, 0.2) is 24.3 Å². The van der Waals surface area contributed by atoms with E-state index >= 15 is 0 Å². The predicted octanol–water partition coefficient (Wildman–Crippen LogP) is 2.21. The Morgan fingerprint density at radius 2 is 1.88 bits per heavy atom. The van der Waals surface area contributed by atoms with E-state index in [-0.39, 0.29) is 41.9 Å². The average molecular weight is 457 g/mol. The summed E-state index contributed by atoms with van der Waals surface area (Å²) in [5.74, 6) is 0.274. The van der Waals surface area contributed by atoms with E-state index in [1.807, 2.05) is 4.90 Å². The maximum absolute atomic E-state index is 13.4. The van der Waals surface area contributed by atoms with Gasteiger partial charge in [-0.15, -0.1) is 0 Å². The number of nitrogens with one attached hydrogen (secondary N) is 1. The lowest BCUT2D eigenvalue weighted by molar-refractivity contribution is -0.139. The van der Waals surface area contributed by atoms with Crippen LogP contribution in [0.2, 0.25) is 0 Å². The molecule has 3 aliphatic rings. The van der Waals surface area contributed by atoms with Gasteiger partial charge in [-0.3, -0.25) is 14.5 Å². The van der Waals surface area contributed by atoms with Crippen molar-refractivity contribution in [1.82, 2.24) is 15.1 Å². The zero-order chi connectivity index (χ0) is 23.4. The number of hydrogen-bond acceptors (Lipinski definition) is 5. The highest BCUT2D eigenvalue weighted by Gasteiger charge is 2.46. The van der Waals surface area contributed by atoms with Gasteiger partial charge in [-0.2, -0.15) is 0 Å². The van der Waals surface area contributed by atoms with Crippen molar-refractivity contribution >= 4 is 11.8 Å². The second-order valence-corrected chi connectivity index (χ2v) is 10.2. The molecule has 182 valence electrons. The Morgan fingerprint density at radius 3 is 2.55 bits per heavy atom. The molecule has 3 N–H and O–H groups in total. The number of rotatable bonds is 9. The molecule has 3 fully saturated rings.